The molecule has 2 fully saturated rings. The van der Waals surface area contributed by atoms with Gasteiger partial charge in [0.1, 0.15) is 5.54 Å². The molecular formula is C21H30N2O5S. The fraction of sp³-hybridized carbons (Fsp3) is 0.619. The zero-order chi connectivity index (χ0) is 21.1. The van der Waals surface area contributed by atoms with E-state index in [9.17, 15) is 18.0 Å². The number of ether oxygens (including phenoxy) is 1. The largest absolute Gasteiger partial charge is 0.467 e. The van der Waals surface area contributed by atoms with Gasteiger partial charge in [-0.05, 0) is 43.9 Å². The van der Waals surface area contributed by atoms with Gasteiger partial charge in [0.05, 0.1) is 12.0 Å². The number of rotatable bonds is 6. The van der Waals surface area contributed by atoms with E-state index < -0.39 is 27.4 Å². The number of esters is 1. The highest BCUT2D eigenvalue weighted by Gasteiger charge is 2.43. The number of methoxy groups -OCH3 is 1. The van der Waals surface area contributed by atoms with E-state index in [1.165, 1.54) is 23.5 Å². The molecule has 3 rings (SSSR count). The van der Waals surface area contributed by atoms with Gasteiger partial charge in [-0.1, -0.05) is 38.2 Å². The van der Waals surface area contributed by atoms with Gasteiger partial charge in [0, 0.05) is 18.7 Å². The van der Waals surface area contributed by atoms with Gasteiger partial charge in [-0.25, -0.2) is 13.2 Å². The monoisotopic (exact) mass is 422 g/mol. The lowest BCUT2D eigenvalue weighted by Gasteiger charge is -2.30. The molecule has 0 saturated heterocycles. The van der Waals surface area contributed by atoms with Gasteiger partial charge in [0.25, 0.3) is 5.91 Å². The SMILES string of the molecule is COC(=O)C1(NC(=O)c2cccc(S(=O)(=O)N(C)C3CCCCC3)c2)CCCC1. The lowest BCUT2D eigenvalue weighted by atomic mass is 9.96. The number of carbonyl (C=O) groups excluding carboxylic acids is 2. The zero-order valence-electron chi connectivity index (χ0n) is 17.1. The van der Waals surface area contributed by atoms with Crippen LogP contribution in [0.5, 0.6) is 0 Å². The van der Waals surface area contributed by atoms with E-state index in [0.29, 0.717) is 12.8 Å². The lowest BCUT2D eigenvalue weighted by Crippen LogP contribution is -2.53. The number of nitrogens with one attached hydrogen (secondary N) is 1. The van der Waals surface area contributed by atoms with Crippen LogP contribution in [0, 0.1) is 0 Å². The molecule has 0 heterocycles. The van der Waals surface area contributed by atoms with Crippen LogP contribution in [-0.4, -0.2) is 50.3 Å². The fourth-order valence-corrected chi connectivity index (χ4v) is 5.91. The molecule has 160 valence electrons. The summed E-state index contributed by atoms with van der Waals surface area (Å²) in [4.78, 5) is 25.2. The Labute approximate surface area is 172 Å². The average Bonchev–Trinajstić information content (AvgIpc) is 3.22. The third-order valence-electron chi connectivity index (χ3n) is 6.25. The topological polar surface area (TPSA) is 92.8 Å². The molecule has 0 radical (unpaired) electrons. The van der Waals surface area contributed by atoms with E-state index in [2.05, 4.69) is 5.32 Å². The standard InChI is InChI=1S/C21H30N2O5S/c1-23(17-10-4-3-5-11-17)29(26,27)18-12-8-9-16(15-18)19(24)22-21(20(25)28-2)13-6-7-14-21/h8-9,12,15,17H,3-7,10-11,13-14H2,1-2H3,(H,22,24). The van der Waals surface area contributed by atoms with Crippen molar-refractivity contribution in [2.45, 2.75) is 74.3 Å². The Balaban J connectivity index is 1.81. The third kappa shape index (κ3) is 4.48. The number of nitrogens with zero attached hydrogens (tertiary/aromatic N) is 1. The molecule has 0 atom stereocenters. The first-order valence-electron chi connectivity index (χ1n) is 10.3. The van der Waals surface area contributed by atoms with Gasteiger partial charge in [-0.3, -0.25) is 4.79 Å². The number of sulfonamides is 1. The van der Waals surface area contributed by atoms with E-state index in [0.717, 1.165) is 44.9 Å². The molecule has 7 nitrogen and oxygen atoms in total. The number of benzene rings is 1. The highest BCUT2D eigenvalue weighted by molar-refractivity contribution is 7.89. The van der Waals surface area contributed by atoms with Crippen LogP contribution in [0.15, 0.2) is 29.2 Å². The van der Waals surface area contributed by atoms with Crippen LogP contribution in [0.1, 0.15) is 68.1 Å². The van der Waals surface area contributed by atoms with Crippen LogP contribution in [0.3, 0.4) is 0 Å². The predicted octanol–water partition coefficient (Wildman–Crippen LogP) is 2.86. The number of amides is 1. The number of hydrogen-bond acceptors (Lipinski definition) is 5. The third-order valence-corrected chi connectivity index (χ3v) is 8.15. The summed E-state index contributed by atoms with van der Waals surface area (Å²) in [5, 5.41) is 2.81. The van der Waals surface area contributed by atoms with Crippen molar-refractivity contribution in [2.24, 2.45) is 0 Å². The van der Waals surface area contributed by atoms with Crippen molar-refractivity contribution < 1.29 is 22.7 Å². The molecule has 0 aromatic heterocycles. The molecule has 1 aromatic carbocycles. The van der Waals surface area contributed by atoms with E-state index in [4.69, 9.17) is 4.74 Å². The van der Waals surface area contributed by atoms with Crippen LogP contribution in [0.2, 0.25) is 0 Å². The molecule has 0 spiro atoms. The highest BCUT2D eigenvalue weighted by atomic mass is 32.2. The fourth-order valence-electron chi connectivity index (χ4n) is 4.45. The summed E-state index contributed by atoms with van der Waals surface area (Å²) in [7, 11) is -0.774. The van der Waals surface area contributed by atoms with Crippen molar-refractivity contribution >= 4 is 21.9 Å². The summed E-state index contributed by atoms with van der Waals surface area (Å²) in [5.74, 6) is -0.918. The molecule has 8 heteroatoms. The van der Waals surface area contributed by atoms with Crippen LogP contribution in [0.25, 0.3) is 0 Å². The summed E-state index contributed by atoms with van der Waals surface area (Å²) in [6, 6.07) is 6.03. The maximum atomic E-state index is 13.1. The van der Waals surface area contributed by atoms with Crippen LogP contribution in [0.4, 0.5) is 0 Å². The summed E-state index contributed by atoms with van der Waals surface area (Å²) in [5.41, 5.74) is -0.808. The smallest absolute Gasteiger partial charge is 0.331 e. The molecule has 29 heavy (non-hydrogen) atoms. The Morgan fingerprint density at radius 2 is 1.76 bits per heavy atom. The van der Waals surface area contributed by atoms with Crippen molar-refractivity contribution in [1.82, 2.24) is 9.62 Å². The Morgan fingerprint density at radius 3 is 2.38 bits per heavy atom. The Morgan fingerprint density at radius 1 is 1.10 bits per heavy atom. The maximum absolute atomic E-state index is 13.1. The van der Waals surface area contributed by atoms with Crippen LogP contribution < -0.4 is 5.32 Å². The molecule has 2 aliphatic carbocycles. The number of hydrogen-bond donors (Lipinski definition) is 1. The van der Waals surface area contributed by atoms with E-state index in [1.807, 2.05) is 0 Å². The van der Waals surface area contributed by atoms with E-state index >= 15 is 0 Å². The first-order chi connectivity index (χ1) is 13.8. The Hall–Kier alpha value is -1.93. The molecule has 0 aliphatic heterocycles. The molecule has 2 aliphatic rings. The zero-order valence-corrected chi connectivity index (χ0v) is 18.0. The minimum Gasteiger partial charge on any atom is -0.467 e. The molecule has 0 bridgehead atoms. The molecular weight excluding hydrogens is 392 g/mol. The second-order valence-corrected chi connectivity index (χ2v) is 10.1. The second kappa shape index (κ2) is 8.83. The van der Waals surface area contributed by atoms with Crippen molar-refractivity contribution in [3.63, 3.8) is 0 Å². The summed E-state index contributed by atoms with van der Waals surface area (Å²) >= 11 is 0. The van der Waals surface area contributed by atoms with Crippen molar-refractivity contribution in [1.29, 1.82) is 0 Å². The van der Waals surface area contributed by atoms with Gasteiger partial charge in [0.15, 0.2) is 0 Å². The van der Waals surface area contributed by atoms with Gasteiger partial charge >= 0.3 is 5.97 Å². The Bertz CT molecular complexity index is 856. The average molecular weight is 423 g/mol. The van der Waals surface area contributed by atoms with Crippen LogP contribution >= 0.6 is 0 Å². The van der Waals surface area contributed by atoms with Crippen molar-refractivity contribution in [3.05, 3.63) is 29.8 Å². The molecule has 2 saturated carbocycles. The van der Waals surface area contributed by atoms with E-state index in [-0.39, 0.29) is 16.5 Å². The lowest BCUT2D eigenvalue weighted by molar-refractivity contribution is -0.148. The number of carbonyl (C=O) groups is 2. The van der Waals surface area contributed by atoms with Gasteiger partial charge < -0.3 is 10.1 Å². The van der Waals surface area contributed by atoms with Gasteiger partial charge in [-0.15, -0.1) is 0 Å². The molecule has 1 N–H and O–H groups in total. The molecule has 0 unspecified atom stereocenters. The van der Waals surface area contributed by atoms with Crippen molar-refractivity contribution in [3.8, 4) is 0 Å². The molecule has 1 amide bonds. The predicted molar refractivity (Wildman–Crippen MR) is 109 cm³/mol. The Kier molecular flexibility index (Phi) is 6.63. The minimum absolute atomic E-state index is 0.00712. The first-order valence-corrected chi connectivity index (χ1v) is 11.7. The summed E-state index contributed by atoms with van der Waals surface area (Å²) in [6.07, 6.45) is 7.62. The second-order valence-electron chi connectivity index (χ2n) is 8.08. The van der Waals surface area contributed by atoms with Gasteiger partial charge in [-0.2, -0.15) is 4.31 Å². The quantitative estimate of drug-likeness (QED) is 0.712. The summed E-state index contributed by atoms with van der Waals surface area (Å²) < 4.78 is 32.5. The minimum atomic E-state index is -3.70. The van der Waals surface area contributed by atoms with E-state index in [1.54, 1.807) is 19.2 Å². The van der Waals surface area contributed by atoms with Crippen LogP contribution in [-0.2, 0) is 19.6 Å². The first kappa shape index (κ1) is 21.8. The molecule has 1 aromatic rings. The highest BCUT2D eigenvalue weighted by Crippen LogP contribution is 2.31. The maximum Gasteiger partial charge on any atom is 0.331 e. The normalized spacial score (nSPS) is 19.8. The van der Waals surface area contributed by atoms with Crippen molar-refractivity contribution in [2.75, 3.05) is 14.2 Å². The summed E-state index contributed by atoms with van der Waals surface area (Å²) in [6.45, 7) is 0. The van der Waals surface area contributed by atoms with Gasteiger partial charge in [0.2, 0.25) is 10.0 Å².